The Morgan fingerprint density at radius 3 is 2.77 bits per heavy atom. The predicted molar refractivity (Wildman–Crippen MR) is 49.7 cm³/mol. The normalized spacial score (nSPS) is 35.8. The van der Waals surface area contributed by atoms with Gasteiger partial charge in [0.2, 0.25) is 0 Å². The predicted octanol–water partition coefficient (Wildman–Crippen LogP) is 2.27. The van der Waals surface area contributed by atoms with E-state index in [2.05, 4.69) is 4.57 Å². The van der Waals surface area contributed by atoms with Gasteiger partial charge >= 0.3 is 0 Å². The molecule has 0 radical (unpaired) electrons. The van der Waals surface area contributed by atoms with E-state index in [4.69, 9.17) is 0 Å². The summed E-state index contributed by atoms with van der Waals surface area (Å²) in [4.78, 5) is 10.7. The molecule has 0 amide bonds. The van der Waals surface area contributed by atoms with E-state index in [-0.39, 0.29) is 0 Å². The van der Waals surface area contributed by atoms with Gasteiger partial charge in [0.25, 0.3) is 0 Å². The first-order valence-corrected chi connectivity index (χ1v) is 5.00. The fourth-order valence-electron chi connectivity index (χ4n) is 2.75. The number of fused-ring (bicyclic) bond motifs is 1. The lowest BCUT2D eigenvalue weighted by Gasteiger charge is -2.15. The SMILES string of the molecule is O=Cc1cccn1C1CC2CC2C1. The topological polar surface area (TPSA) is 22.0 Å². The molecule has 2 aliphatic carbocycles. The molecule has 1 aromatic heterocycles. The molecule has 68 valence electrons. The summed E-state index contributed by atoms with van der Waals surface area (Å²) in [6, 6.07) is 4.48. The van der Waals surface area contributed by atoms with Crippen molar-refractivity contribution in [3.63, 3.8) is 0 Å². The van der Waals surface area contributed by atoms with E-state index in [0.29, 0.717) is 6.04 Å². The van der Waals surface area contributed by atoms with Crippen LogP contribution in [0.1, 0.15) is 35.8 Å². The van der Waals surface area contributed by atoms with Gasteiger partial charge in [-0.2, -0.15) is 0 Å². The average Bonchev–Trinajstić information content (AvgIpc) is 2.67. The van der Waals surface area contributed by atoms with Crippen LogP contribution in [0.3, 0.4) is 0 Å². The summed E-state index contributed by atoms with van der Waals surface area (Å²) >= 11 is 0. The van der Waals surface area contributed by atoms with E-state index >= 15 is 0 Å². The van der Waals surface area contributed by atoms with Crippen LogP contribution in [-0.4, -0.2) is 10.9 Å². The van der Waals surface area contributed by atoms with Crippen LogP contribution in [0.25, 0.3) is 0 Å². The maximum Gasteiger partial charge on any atom is 0.166 e. The summed E-state index contributed by atoms with van der Waals surface area (Å²) in [6.07, 6.45) is 7.03. The Labute approximate surface area is 77.6 Å². The third-order valence-electron chi connectivity index (χ3n) is 3.54. The van der Waals surface area contributed by atoms with Gasteiger partial charge in [0.15, 0.2) is 6.29 Å². The van der Waals surface area contributed by atoms with Crippen molar-refractivity contribution in [1.29, 1.82) is 0 Å². The highest BCUT2D eigenvalue weighted by molar-refractivity contribution is 5.72. The second-order valence-electron chi connectivity index (χ2n) is 4.34. The van der Waals surface area contributed by atoms with Gasteiger partial charge in [-0.3, -0.25) is 4.79 Å². The van der Waals surface area contributed by atoms with Crippen LogP contribution in [-0.2, 0) is 0 Å². The Morgan fingerprint density at radius 1 is 1.31 bits per heavy atom. The van der Waals surface area contributed by atoms with Crippen molar-refractivity contribution in [2.45, 2.75) is 25.3 Å². The van der Waals surface area contributed by atoms with Crippen molar-refractivity contribution < 1.29 is 4.79 Å². The number of aldehydes is 1. The van der Waals surface area contributed by atoms with Gasteiger partial charge in [-0.1, -0.05) is 0 Å². The van der Waals surface area contributed by atoms with Crippen molar-refractivity contribution in [2.24, 2.45) is 11.8 Å². The monoisotopic (exact) mass is 175 g/mol. The van der Waals surface area contributed by atoms with Crippen molar-refractivity contribution in [3.05, 3.63) is 24.0 Å². The van der Waals surface area contributed by atoms with Gasteiger partial charge < -0.3 is 4.57 Å². The lowest BCUT2D eigenvalue weighted by Crippen LogP contribution is -2.08. The number of carbonyl (C=O) groups is 1. The summed E-state index contributed by atoms with van der Waals surface area (Å²) < 4.78 is 2.15. The summed E-state index contributed by atoms with van der Waals surface area (Å²) in [5.41, 5.74) is 0.839. The summed E-state index contributed by atoms with van der Waals surface area (Å²) in [5, 5.41) is 0. The second kappa shape index (κ2) is 2.47. The fraction of sp³-hybridized carbons (Fsp3) is 0.545. The van der Waals surface area contributed by atoms with E-state index in [0.717, 1.165) is 23.8 Å². The second-order valence-corrected chi connectivity index (χ2v) is 4.34. The average molecular weight is 175 g/mol. The highest BCUT2D eigenvalue weighted by Crippen LogP contribution is 2.56. The Hall–Kier alpha value is -1.05. The smallest absolute Gasteiger partial charge is 0.166 e. The van der Waals surface area contributed by atoms with E-state index in [1.54, 1.807) is 0 Å². The van der Waals surface area contributed by atoms with Gasteiger partial charge in [-0.25, -0.2) is 0 Å². The molecule has 2 fully saturated rings. The molecule has 0 aliphatic heterocycles. The molecule has 13 heavy (non-hydrogen) atoms. The van der Waals surface area contributed by atoms with Gasteiger partial charge in [0, 0.05) is 12.2 Å². The third-order valence-corrected chi connectivity index (χ3v) is 3.54. The van der Waals surface area contributed by atoms with Crippen molar-refractivity contribution >= 4 is 6.29 Å². The lowest BCUT2D eigenvalue weighted by atomic mass is 10.1. The van der Waals surface area contributed by atoms with Crippen LogP contribution in [0.4, 0.5) is 0 Å². The van der Waals surface area contributed by atoms with E-state index in [1.165, 1.54) is 19.3 Å². The Kier molecular flexibility index (Phi) is 1.40. The largest absolute Gasteiger partial charge is 0.342 e. The molecule has 3 rings (SSSR count). The van der Waals surface area contributed by atoms with Crippen LogP contribution in [0, 0.1) is 11.8 Å². The number of rotatable bonds is 2. The highest BCUT2D eigenvalue weighted by Gasteiger charge is 2.46. The molecule has 0 spiro atoms. The molecule has 2 atom stereocenters. The first-order chi connectivity index (χ1) is 6.38. The highest BCUT2D eigenvalue weighted by atomic mass is 16.1. The number of aromatic nitrogens is 1. The third kappa shape index (κ3) is 1.05. The zero-order valence-corrected chi connectivity index (χ0v) is 7.52. The molecule has 0 bridgehead atoms. The quantitative estimate of drug-likeness (QED) is 0.632. The first kappa shape index (κ1) is 7.36. The summed E-state index contributed by atoms with van der Waals surface area (Å²) in [5.74, 6) is 1.96. The maximum absolute atomic E-state index is 10.7. The lowest BCUT2D eigenvalue weighted by molar-refractivity contribution is 0.111. The minimum absolute atomic E-state index is 0.610. The van der Waals surface area contributed by atoms with E-state index < -0.39 is 0 Å². The zero-order chi connectivity index (χ0) is 8.84. The molecule has 2 heteroatoms. The van der Waals surface area contributed by atoms with Crippen molar-refractivity contribution in [3.8, 4) is 0 Å². The number of nitrogens with zero attached hydrogens (tertiary/aromatic N) is 1. The van der Waals surface area contributed by atoms with Crippen LogP contribution in [0.5, 0.6) is 0 Å². The molecule has 2 nitrogen and oxygen atoms in total. The molecule has 0 aromatic carbocycles. The van der Waals surface area contributed by atoms with E-state index in [1.807, 2.05) is 18.3 Å². The molecule has 2 unspecified atom stereocenters. The minimum Gasteiger partial charge on any atom is -0.342 e. The molecule has 0 N–H and O–H groups in total. The Morgan fingerprint density at radius 2 is 2.08 bits per heavy atom. The van der Waals surface area contributed by atoms with Gasteiger partial charge in [-0.05, 0) is 43.2 Å². The van der Waals surface area contributed by atoms with Crippen LogP contribution >= 0.6 is 0 Å². The molecule has 1 heterocycles. The molecule has 0 saturated heterocycles. The molecule has 2 saturated carbocycles. The number of hydrogen-bond donors (Lipinski definition) is 0. The first-order valence-electron chi connectivity index (χ1n) is 5.00. The Balaban J connectivity index is 1.87. The minimum atomic E-state index is 0.610. The van der Waals surface area contributed by atoms with Gasteiger partial charge in [0.05, 0.1) is 5.69 Å². The maximum atomic E-state index is 10.7. The van der Waals surface area contributed by atoms with Crippen molar-refractivity contribution in [2.75, 3.05) is 0 Å². The van der Waals surface area contributed by atoms with Crippen LogP contribution in [0.2, 0.25) is 0 Å². The summed E-state index contributed by atoms with van der Waals surface area (Å²) in [7, 11) is 0. The summed E-state index contributed by atoms with van der Waals surface area (Å²) in [6.45, 7) is 0. The molecule has 2 aliphatic rings. The van der Waals surface area contributed by atoms with Gasteiger partial charge in [0.1, 0.15) is 0 Å². The standard InChI is InChI=1S/C11H13NO/c13-7-10-2-1-3-12(10)11-5-8-4-9(8)6-11/h1-3,7-9,11H,4-6H2. The number of carbonyl (C=O) groups excluding carboxylic acids is 1. The Bertz CT molecular complexity index is 332. The molecular weight excluding hydrogens is 162 g/mol. The van der Waals surface area contributed by atoms with Gasteiger partial charge in [-0.15, -0.1) is 0 Å². The molecule has 1 aromatic rings. The molecular formula is C11H13NO. The zero-order valence-electron chi connectivity index (χ0n) is 7.52. The van der Waals surface area contributed by atoms with Crippen LogP contribution < -0.4 is 0 Å². The van der Waals surface area contributed by atoms with Crippen molar-refractivity contribution in [1.82, 2.24) is 4.57 Å². The fourth-order valence-corrected chi connectivity index (χ4v) is 2.75. The van der Waals surface area contributed by atoms with E-state index in [9.17, 15) is 4.79 Å². The van der Waals surface area contributed by atoms with Crippen LogP contribution in [0.15, 0.2) is 18.3 Å². The number of hydrogen-bond acceptors (Lipinski definition) is 1.